The summed E-state index contributed by atoms with van der Waals surface area (Å²) in [6, 6.07) is 11.4. The third kappa shape index (κ3) is 4.19. The Hall–Kier alpha value is -2.67. The fourth-order valence-corrected chi connectivity index (χ4v) is 4.63. The van der Waals surface area contributed by atoms with Gasteiger partial charge in [-0.25, -0.2) is 14.2 Å². The van der Waals surface area contributed by atoms with Crippen molar-refractivity contribution in [1.29, 1.82) is 0 Å². The smallest absolute Gasteiger partial charge is 0.321 e. The summed E-state index contributed by atoms with van der Waals surface area (Å²) in [7, 11) is 0. The molecule has 0 saturated carbocycles. The average Bonchev–Trinajstić information content (AvgIpc) is 3.13. The number of urea groups is 1. The lowest BCUT2D eigenvalue weighted by Crippen LogP contribution is -2.50. The van der Waals surface area contributed by atoms with Gasteiger partial charge in [0.25, 0.3) is 0 Å². The molecule has 0 aliphatic carbocycles. The molecule has 2 heterocycles. The first-order valence-electron chi connectivity index (χ1n) is 9.88. The molecule has 1 N–H and O–H groups in total. The Morgan fingerprint density at radius 3 is 2.48 bits per heavy atom. The number of hydrogen-bond acceptors (Lipinski definition) is 4. The first-order chi connectivity index (χ1) is 13.9. The van der Waals surface area contributed by atoms with Gasteiger partial charge in [-0.3, -0.25) is 0 Å². The maximum absolute atomic E-state index is 14.1. The Morgan fingerprint density at radius 1 is 1.14 bits per heavy atom. The van der Waals surface area contributed by atoms with Crippen LogP contribution in [0.2, 0.25) is 0 Å². The number of nitrogens with zero attached hydrogens (tertiary/aromatic N) is 3. The Labute approximate surface area is 174 Å². The summed E-state index contributed by atoms with van der Waals surface area (Å²) < 4.78 is 15.0. The Morgan fingerprint density at radius 2 is 1.83 bits per heavy atom. The molecule has 7 heteroatoms. The lowest BCUT2D eigenvalue weighted by atomic mass is 10.0. The van der Waals surface area contributed by atoms with Crippen LogP contribution in [0.1, 0.15) is 30.9 Å². The zero-order valence-electron chi connectivity index (χ0n) is 16.9. The van der Waals surface area contributed by atoms with Crippen LogP contribution >= 0.6 is 11.3 Å². The van der Waals surface area contributed by atoms with Crippen LogP contribution in [-0.4, -0.2) is 42.1 Å². The van der Waals surface area contributed by atoms with Gasteiger partial charge in [-0.2, -0.15) is 0 Å². The van der Waals surface area contributed by atoms with Crippen LogP contribution in [0, 0.1) is 12.7 Å². The van der Waals surface area contributed by atoms with E-state index in [4.69, 9.17) is 0 Å². The Kier molecular flexibility index (Phi) is 5.41. The molecule has 5 nitrogen and oxygen atoms in total. The summed E-state index contributed by atoms with van der Waals surface area (Å²) in [5.74, 6) is 0.191. The maximum atomic E-state index is 14.1. The molecule has 1 aliphatic heterocycles. The molecule has 0 radical (unpaired) electrons. The summed E-state index contributed by atoms with van der Waals surface area (Å²) in [6.07, 6.45) is 0. The van der Waals surface area contributed by atoms with Crippen LogP contribution in [0.25, 0.3) is 10.2 Å². The summed E-state index contributed by atoms with van der Waals surface area (Å²) in [6.45, 7) is 8.75. The van der Waals surface area contributed by atoms with E-state index in [0.717, 1.165) is 21.1 Å². The van der Waals surface area contributed by atoms with Crippen molar-refractivity contribution in [1.82, 2.24) is 9.88 Å². The van der Waals surface area contributed by atoms with Crippen molar-refractivity contribution >= 4 is 38.4 Å². The highest BCUT2D eigenvalue weighted by Crippen LogP contribution is 2.31. The number of piperazine rings is 1. The number of amides is 2. The molecule has 1 aliphatic rings. The van der Waals surface area contributed by atoms with Gasteiger partial charge in [-0.05, 0) is 48.2 Å². The lowest BCUT2D eigenvalue weighted by molar-refractivity contribution is 0.208. The van der Waals surface area contributed by atoms with Gasteiger partial charge in [-0.1, -0.05) is 37.3 Å². The van der Waals surface area contributed by atoms with Crippen LogP contribution in [0.3, 0.4) is 0 Å². The van der Waals surface area contributed by atoms with Crippen molar-refractivity contribution in [3.05, 3.63) is 53.3 Å². The van der Waals surface area contributed by atoms with Crippen molar-refractivity contribution in [2.24, 2.45) is 0 Å². The van der Waals surface area contributed by atoms with E-state index in [1.54, 1.807) is 0 Å². The molecule has 0 unspecified atom stereocenters. The number of rotatable bonds is 3. The van der Waals surface area contributed by atoms with Gasteiger partial charge in [0.2, 0.25) is 0 Å². The predicted molar refractivity (Wildman–Crippen MR) is 118 cm³/mol. The second-order valence-corrected chi connectivity index (χ2v) is 8.78. The standard InChI is InChI=1S/C22H25FN4OS/c1-14(2)16-4-6-17(7-5-16)24-21(28)26-8-10-27(11-9-26)22-25-20-18(23)12-15(3)13-19(20)29-22/h4-7,12-14H,8-11H2,1-3H3,(H,24,28). The molecule has 1 fully saturated rings. The highest BCUT2D eigenvalue weighted by Gasteiger charge is 2.23. The minimum absolute atomic E-state index is 0.0899. The lowest BCUT2D eigenvalue weighted by Gasteiger charge is -2.34. The Balaban J connectivity index is 1.37. The van der Waals surface area contributed by atoms with Gasteiger partial charge in [0.05, 0.1) is 4.70 Å². The summed E-state index contributed by atoms with van der Waals surface area (Å²) in [5, 5.41) is 3.79. The molecule has 0 spiro atoms. The van der Waals surface area contributed by atoms with E-state index in [0.29, 0.717) is 37.6 Å². The molecule has 1 saturated heterocycles. The molecular weight excluding hydrogens is 387 g/mol. The number of anilines is 2. The zero-order chi connectivity index (χ0) is 20.5. The number of thiazole rings is 1. The largest absolute Gasteiger partial charge is 0.345 e. The SMILES string of the molecule is Cc1cc(F)c2nc(N3CCN(C(=O)Nc4ccc(C(C)C)cc4)CC3)sc2c1. The zero-order valence-corrected chi connectivity index (χ0v) is 17.7. The second kappa shape index (κ2) is 7.99. The molecule has 3 aromatic rings. The van der Waals surface area contributed by atoms with Crippen molar-refractivity contribution in [2.75, 3.05) is 36.4 Å². The Bertz CT molecular complexity index is 1020. The van der Waals surface area contributed by atoms with Crippen LogP contribution in [0.4, 0.5) is 20.0 Å². The number of carbonyl (C=O) groups is 1. The second-order valence-electron chi connectivity index (χ2n) is 7.77. The van der Waals surface area contributed by atoms with Gasteiger partial charge in [0.15, 0.2) is 10.9 Å². The number of fused-ring (bicyclic) bond motifs is 1. The highest BCUT2D eigenvalue weighted by atomic mass is 32.1. The number of hydrogen-bond donors (Lipinski definition) is 1. The van der Waals surface area contributed by atoms with E-state index in [-0.39, 0.29) is 11.8 Å². The van der Waals surface area contributed by atoms with Crippen molar-refractivity contribution in [3.8, 4) is 0 Å². The van der Waals surface area contributed by atoms with Gasteiger partial charge >= 0.3 is 6.03 Å². The minimum atomic E-state index is -0.274. The fraction of sp³-hybridized carbons (Fsp3) is 0.364. The maximum Gasteiger partial charge on any atom is 0.321 e. The number of benzene rings is 2. The number of aromatic nitrogens is 1. The third-order valence-electron chi connectivity index (χ3n) is 5.25. The highest BCUT2D eigenvalue weighted by molar-refractivity contribution is 7.22. The summed E-state index contributed by atoms with van der Waals surface area (Å²) >= 11 is 1.50. The molecule has 2 aromatic carbocycles. The van der Waals surface area contributed by atoms with E-state index in [1.165, 1.54) is 23.0 Å². The normalized spacial score (nSPS) is 14.7. The predicted octanol–water partition coefficient (Wildman–Crippen LogP) is 5.22. The monoisotopic (exact) mass is 412 g/mol. The van der Waals surface area contributed by atoms with Crippen LogP contribution in [0.5, 0.6) is 0 Å². The van der Waals surface area contributed by atoms with Gasteiger partial charge in [0.1, 0.15) is 5.52 Å². The molecule has 2 amide bonds. The van der Waals surface area contributed by atoms with Crippen molar-refractivity contribution < 1.29 is 9.18 Å². The minimum Gasteiger partial charge on any atom is -0.345 e. The molecule has 1 aromatic heterocycles. The van der Waals surface area contributed by atoms with Gasteiger partial charge in [-0.15, -0.1) is 0 Å². The molecule has 29 heavy (non-hydrogen) atoms. The number of nitrogens with one attached hydrogen (secondary N) is 1. The van der Waals surface area contributed by atoms with Crippen LogP contribution < -0.4 is 10.2 Å². The molecule has 152 valence electrons. The number of carbonyl (C=O) groups excluding carboxylic acids is 1. The molecule has 0 bridgehead atoms. The number of aryl methyl sites for hydroxylation is 1. The van der Waals surface area contributed by atoms with E-state index in [2.05, 4.69) is 29.0 Å². The first-order valence-corrected chi connectivity index (χ1v) is 10.7. The first kappa shape index (κ1) is 19.6. The van der Waals surface area contributed by atoms with E-state index >= 15 is 0 Å². The van der Waals surface area contributed by atoms with E-state index in [1.807, 2.05) is 42.2 Å². The topological polar surface area (TPSA) is 48.5 Å². The molecule has 0 atom stereocenters. The summed E-state index contributed by atoms with van der Waals surface area (Å²) in [4.78, 5) is 21.0. The van der Waals surface area contributed by atoms with Crippen molar-refractivity contribution in [2.45, 2.75) is 26.7 Å². The van der Waals surface area contributed by atoms with Crippen molar-refractivity contribution in [3.63, 3.8) is 0 Å². The van der Waals surface area contributed by atoms with E-state index in [9.17, 15) is 9.18 Å². The van der Waals surface area contributed by atoms with Gasteiger partial charge in [0, 0.05) is 31.9 Å². The molecule has 4 rings (SSSR count). The fourth-order valence-electron chi connectivity index (χ4n) is 3.50. The van der Waals surface area contributed by atoms with Gasteiger partial charge < -0.3 is 15.1 Å². The number of halogens is 1. The quantitative estimate of drug-likeness (QED) is 0.641. The van der Waals surface area contributed by atoms with Crippen LogP contribution in [-0.2, 0) is 0 Å². The van der Waals surface area contributed by atoms with Crippen LogP contribution in [0.15, 0.2) is 36.4 Å². The average molecular weight is 413 g/mol. The van der Waals surface area contributed by atoms with E-state index < -0.39 is 0 Å². The molecular formula is C22H25FN4OS. The third-order valence-corrected chi connectivity index (χ3v) is 6.31. The summed E-state index contributed by atoms with van der Waals surface area (Å²) in [5.41, 5.74) is 3.38.